The van der Waals surface area contributed by atoms with Crippen molar-refractivity contribution in [1.82, 2.24) is 5.32 Å². The molecule has 0 aromatic heterocycles. The average molecular weight is 245 g/mol. The van der Waals surface area contributed by atoms with Gasteiger partial charge in [-0.3, -0.25) is 9.20 Å². The van der Waals surface area contributed by atoms with Gasteiger partial charge in [-0.1, -0.05) is 19.3 Å². The second-order valence-electron chi connectivity index (χ2n) is 4.51. The minimum atomic E-state index is -0.824. The number of hydrogen-bond donors (Lipinski definition) is 2. The highest BCUT2D eigenvalue weighted by atomic mass is 32.2. The largest absolute Gasteiger partial charge is 0.370 e. The van der Waals surface area contributed by atoms with Crippen molar-refractivity contribution in [3.63, 3.8) is 0 Å². The van der Waals surface area contributed by atoms with Crippen LogP contribution in [0.3, 0.4) is 0 Å². The van der Waals surface area contributed by atoms with Gasteiger partial charge in [-0.05, 0) is 19.8 Å². The van der Waals surface area contributed by atoms with Gasteiger partial charge in [0.15, 0.2) is 5.96 Å². The van der Waals surface area contributed by atoms with E-state index < -0.39 is 10.8 Å². The van der Waals surface area contributed by atoms with E-state index in [2.05, 4.69) is 10.3 Å². The molecule has 4 nitrogen and oxygen atoms in total. The van der Waals surface area contributed by atoms with Gasteiger partial charge in [0.05, 0.1) is 11.8 Å². The van der Waals surface area contributed by atoms with Gasteiger partial charge in [-0.2, -0.15) is 0 Å². The van der Waals surface area contributed by atoms with Crippen molar-refractivity contribution in [3.05, 3.63) is 0 Å². The lowest BCUT2D eigenvalue weighted by Gasteiger charge is -2.23. The van der Waals surface area contributed by atoms with Crippen molar-refractivity contribution >= 4 is 16.8 Å². The van der Waals surface area contributed by atoms with Crippen LogP contribution in [0.1, 0.15) is 39.0 Å². The summed E-state index contributed by atoms with van der Waals surface area (Å²) in [7, 11) is -0.824. The van der Waals surface area contributed by atoms with Crippen LogP contribution in [0.5, 0.6) is 0 Å². The Morgan fingerprint density at radius 1 is 1.50 bits per heavy atom. The van der Waals surface area contributed by atoms with Gasteiger partial charge in [-0.15, -0.1) is 0 Å². The molecule has 1 aliphatic rings. The van der Waals surface area contributed by atoms with Crippen LogP contribution < -0.4 is 11.1 Å². The normalized spacial score (nSPS) is 22.8. The van der Waals surface area contributed by atoms with Crippen LogP contribution in [-0.4, -0.2) is 34.3 Å². The van der Waals surface area contributed by atoms with Crippen molar-refractivity contribution < 1.29 is 4.21 Å². The summed E-state index contributed by atoms with van der Waals surface area (Å²) in [6.45, 7) is 2.46. The molecular weight excluding hydrogens is 222 g/mol. The fourth-order valence-corrected chi connectivity index (χ4v) is 2.12. The molecular formula is C11H23N3OS. The molecule has 1 saturated carbocycles. The standard InChI is InChI=1S/C11H23N3OS/c1-9(16(2)15)8-13-11(12)14-10-6-4-3-5-7-10/h9-10H,3-8H2,1-2H3,(H3,12,13,14). The van der Waals surface area contributed by atoms with Gasteiger partial charge in [0.1, 0.15) is 0 Å². The van der Waals surface area contributed by atoms with Gasteiger partial charge in [0, 0.05) is 23.1 Å². The Morgan fingerprint density at radius 2 is 2.12 bits per heavy atom. The van der Waals surface area contributed by atoms with Crippen molar-refractivity contribution in [2.45, 2.75) is 50.3 Å². The van der Waals surface area contributed by atoms with Crippen LogP contribution in [0.25, 0.3) is 0 Å². The smallest absolute Gasteiger partial charge is 0.188 e. The van der Waals surface area contributed by atoms with Crippen LogP contribution in [0.2, 0.25) is 0 Å². The van der Waals surface area contributed by atoms with Gasteiger partial charge >= 0.3 is 0 Å². The fraction of sp³-hybridized carbons (Fsp3) is 0.909. The first-order valence-electron chi connectivity index (χ1n) is 5.98. The highest BCUT2D eigenvalue weighted by molar-refractivity contribution is 7.84. The first kappa shape index (κ1) is 13.5. The summed E-state index contributed by atoms with van der Waals surface area (Å²) in [4.78, 5) is 4.23. The topological polar surface area (TPSA) is 67.5 Å². The summed E-state index contributed by atoms with van der Waals surface area (Å²) in [5.41, 5.74) is 5.79. The molecule has 0 aromatic carbocycles. The molecule has 16 heavy (non-hydrogen) atoms. The molecule has 0 spiro atoms. The number of nitrogens with zero attached hydrogens (tertiary/aromatic N) is 1. The summed E-state index contributed by atoms with van der Waals surface area (Å²) in [6.07, 6.45) is 7.96. The molecule has 2 unspecified atom stereocenters. The van der Waals surface area contributed by atoms with Crippen LogP contribution in [0.4, 0.5) is 0 Å². The molecule has 1 rings (SSSR count). The third-order valence-electron chi connectivity index (χ3n) is 3.04. The predicted octanol–water partition coefficient (Wildman–Crippen LogP) is 0.990. The highest BCUT2D eigenvalue weighted by Crippen LogP contribution is 2.16. The molecule has 1 aliphatic carbocycles. The van der Waals surface area contributed by atoms with E-state index >= 15 is 0 Å². The van der Waals surface area contributed by atoms with Crippen molar-refractivity contribution in [2.75, 3.05) is 12.8 Å². The van der Waals surface area contributed by atoms with E-state index in [0.717, 1.165) is 0 Å². The Kier molecular flexibility index (Phi) is 5.80. The Bertz CT molecular complexity index is 262. The number of guanidine groups is 1. The van der Waals surface area contributed by atoms with E-state index in [9.17, 15) is 4.21 Å². The van der Waals surface area contributed by atoms with Crippen LogP contribution in [-0.2, 0) is 10.8 Å². The van der Waals surface area contributed by atoms with E-state index in [0.29, 0.717) is 18.5 Å². The fourth-order valence-electron chi connectivity index (χ4n) is 1.83. The van der Waals surface area contributed by atoms with Crippen molar-refractivity contribution in [1.29, 1.82) is 0 Å². The first-order chi connectivity index (χ1) is 7.59. The van der Waals surface area contributed by atoms with Gasteiger partial charge in [0.25, 0.3) is 0 Å². The van der Waals surface area contributed by atoms with Crippen LogP contribution >= 0.6 is 0 Å². The van der Waals surface area contributed by atoms with Gasteiger partial charge in [0.2, 0.25) is 0 Å². The summed E-state index contributed by atoms with van der Waals surface area (Å²) >= 11 is 0. The maximum absolute atomic E-state index is 11.1. The molecule has 0 amide bonds. The molecule has 3 N–H and O–H groups in total. The summed E-state index contributed by atoms with van der Waals surface area (Å²) < 4.78 is 11.1. The van der Waals surface area contributed by atoms with E-state index in [-0.39, 0.29) is 5.25 Å². The lowest BCUT2D eigenvalue weighted by Crippen LogP contribution is -2.41. The molecule has 0 saturated heterocycles. The molecule has 94 valence electrons. The Balaban J connectivity index is 2.29. The van der Waals surface area contributed by atoms with E-state index in [1.54, 1.807) is 6.26 Å². The maximum atomic E-state index is 11.1. The zero-order chi connectivity index (χ0) is 12.0. The lowest BCUT2D eigenvalue weighted by molar-refractivity contribution is 0.412. The average Bonchev–Trinajstić information content (AvgIpc) is 2.27. The second-order valence-corrected chi connectivity index (χ2v) is 6.32. The van der Waals surface area contributed by atoms with E-state index in [1.807, 2.05) is 6.92 Å². The molecule has 2 atom stereocenters. The second kappa shape index (κ2) is 6.89. The first-order valence-corrected chi connectivity index (χ1v) is 7.60. The number of hydrogen-bond acceptors (Lipinski definition) is 2. The van der Waals surface area contributed by atoms with E-state index in [4.69, 9.17) is 5.73 Å². The minimum Gasteiger partial charge on any atom is -0.370 e. The molecule has 0 radical (unpaired) electrons. The third kappa shape index (κ3) is 4.96. The molecule has 0 heterocycles. The molecule has 1 fully saturated rings. The quantitative estimate of drug-likeness (QED) is 0.573. The number of nitrogens with two attached hydrogens (primary N) is 1. The zero-order valence-electron chi connectivity index (χ0n) is 10.2. The Labute approximate surface area is 101 Å². The predicted molar refractivity (Wildman–Crippen MR) is 70.0 cm³/mol. The number of rotatable bonds is 4. The maximum Gasteiger partial charge on any atom is 0.188 e. The third-order valence-corrected chi connectivity index (χ3v) is 4.32. The number of aliphatic imine (C=N–C) groups is 1. The summed E-state index contributed by atoms with van der Waals surface area (Å²) in [5, 5.41) is 3.32. The zero-order valence-corrected chi connectivity index (χ0v) is 11.1. The molecule has 0 aliphatic heterocycles. The van der Waals surface area contributed by atoms with Gasteiger partial charge in [-0.25, -0.2) is 0 Å². The Morgan fingerprint density at radius 3 is 2.69 bits per heavy atom. The van der Waals surface area contributed by atoms with Gasteiger partial charge < -0.3 is 11.1 Å². The van der Waals surface area contributed by atoms with E-state index in [1.165, 1.54) is 32.1 Å². The minimum absolute atomic E-state index is 0.0757. The molecule has 5 heteroatoms. The molecule has 0 aromatic rings. The lowest BCUT2D eigenvalue weighted by atomic mass is 9.96. The monoisotopic (exact) mass is 245 g/mol. The van der Waals surface area contributed by atoms with Crippen LogP contribution in [0, 0.1) is 0 Å². The number of nitrogens with one attached hydrogen (secondary N) is 1. The Hall–Kier alpha value is -0.580. The highest BCUT2D eigenvalue weighted by Gasteiger charge is 2.13. The van der Waals surface area contributed by atoms with Crippen molar-refractivity contribution in [3.8, 4) is 0 Å². The summed E-state index contributed by atoms with van der Waals surface area (Å²) in [6, 6.07) is 0.486. The summed E-state index contributed by atoms with van der Waals surface area (Å²) in [5.74, 6) is 0.504. The molecule has 0 bridgehead atoms. The van der Waals surface area contributed by atoms with Crippen LogP contribution in [0.15, 0.2) is 4.99 Å². The SMILES string of the molecule is CC(CN=C(N)NC1CCCCC1)S(C)=O. The van der Waals surface area contributed by atoms with Crippen molar-refractivity contribution in [2.24, 2.45) is 10.7 Å².